The van der Waals surface area contributed by atoms with Gasteiger partial charge in [-0.25, -0.2) is 13.8 Å². The Morgan fingerprint density at radius 1 is 1.00 bits per heavy atom. The molecule has 0 bridgehead atoms. The number of nitrogens with one attached hydrogen (secondary N) is 2. The van der Waals surface area contributed by atoms with Gasteiger partial charge in [0.05, 0.1) is 23.2 Å². The zero-order valence-electron chi connectivity index (χ0n) is 17.3. The number of rotatable bonds is 7. The summed E-state index contributed by atoms with van der Waals surface area (Å²) in [6.45, 7) is 0.541. The molecule has 176 valence electrons. The average Bonchev–Trinajstić information content (AvgIpc) is 3.33. The van der Waals surface area contributed by atoms with Gasteiger partial charge in [-0.3, -0.25) is 9.59 Å². The molecule has 0 aliphatic carbocycles. The minimum Gasteiger partial charge on any atom is -0.343 e. The molecule has 8 nitrogen and oxygen atoms in total. The first-order valence-electron chi connectivity index (χ1n) is 9.95. The SMILES string of the molecule is O=C(CNC(=O)c1ccc(S(=O)(=O)N2CCCC2)cc1)N/N=C\c1ccc(C(F)(F)F)cc1. The molecule has 0 unspecified atom stereocenters. The van der Waals surface area contributed by atoms with Crippen molar-refractivity contribution >= 4 is 28.1 Å². The summed E-state index contributed by atoms with van der Waals surface area (Å²) < 4.78 is 64.0. The van der Waals surface area contributed by atoms with Crippen LogP contribution < -0.4 is 10.7 Å². The molecule has 1 fully saturated rings. The Morgan fingerprint density at radius 3 is 2.18 bits per heavy atom. The Bertz CT molecular complexity index is 1130. The maximum Gasteiger partial charge on any atom is 0.416 e. The summed E-state index contributed by atoms with van der Waals surface area (Å²) >= 11 is 0. The molecule has 2 amide bonds. The van der Waals surface area contributed by atoms with Crippen molar-refractivity contribution in [1.82, 2.24) is 15.0 Å². The van der Waals surface area contributed by atoms with Gasteiger partial charge in [-0.2, -0.15) is 22.6 Å². The van der Waals surface area contributed by atoms with Crippen molar-refractivity contribution in [2.24, 2.45) is 5.10 Å². The third-order valence-corrected chi connectivity index (χ3v) is 6.78. The molecule has 1 saturated heterocycles. The fourth-order valence-corrected chi connectivity index (χ4v) is 4.61. The van der Waals surface area contributed by atoms with Crippen molar-refractivity contribution < 1.29 is 31.2 Å². The number of sulfonamides is 1. The van der Waals surface area contributed by atoms with E-state index in [-0.39, 0.29) is 10.5 Å². The van der Waals surface area contributed by atoms with E-state index >= 15 is 0 Å². The molecule has 1 aliphatic heterocycles. The Morgan fingerprint density at radius 2 is 1.61 bits per heavy atom. The van der Waals surface area contributed by atoms with Gasteiger partial charge in [-0.1, -0.05) is 12.1 Å². The molecule has 1 heterocycles. The summed E-state index contributed by atoms with van der Waals surface area (Å²) in [4.78, 5) is 24.1. The van der Waals surface area contributed by atoms with Crippen LogP contribution in [0.2, 0.25) is 0 Å². The third-order valence-electron chi connectivity index (χ3n) is 4.87. The second-order valence-electron chi connectivity index (χ2n) is 7.23. The monoisotopic (exact) mass is 482 g/mol. The van der Waals surface area contributed by atoms with Gasteiger partial charge in [0.2, 0.25) is 10.0 Å². The van der Waals surface area contributed by atoms with E-state index in [0.29, 0.717) is 18.7 Å². The lowest BCUT2D eigenvalue weighted by Gasteiger charge is -2.15. The molecule has 0 saturated carbocycles. The number of nitrogens with zero attached hydrogens (tertiary/aromatic N) is 2. The predicted octanol–water partition coefficient (Wildman–Crippen LogP) is 2.37. The van der Waals surface area contributed by atoms with E-state index in [1.54, 1.807) is 0 Å². The highest BCUT2D eigenvalue weighted by Gasteiger charge is 2.30. The lowest BCUT2D eigenvalue weighted by Crippen LogP contribution is -2.35. The molecule has 0 radical (unpaired) electrons. The summed E-state index contributed by atoms with van der Waals surface area (Å²) in [6.07, 6.45) is -1.64. The fraction of sp³-hybridized carbons (Fsp3) is 0.286. The fourth-order valence-electron chi connectivity index (χ4n) is 3.09. The lowest BCUT2D eigenvalue weighted by molar-refractivity contribution is -0.137. The Labute approximate surface area is 188 Å². The number of halogens is 3. The van der Waals surface area contributed by atoms with E-state index in [2.05, 4.69) is 15.8 Å². The van der Waals surface area contributed by atoms with Crippen LogP contribution in [-0.2, 0) is 21.0 Å². The van der Waals surface area contributed by atoms with E-state index in [9.17, 15) is 31.2 Å². The normalized spacial score (nSPS) is 15.0. The number of benzene rings is 2. The largest absolute Gasteiger partial charge is 0.416 e. The van der Waals surface area contributed by atoms with E-state index in [4.69, 9.17) is 0 Å². The summed E-state index contributed by atoms with van der Waals surface area (Å²) in [5.74, 6) is -1.23. The summed E-state index contributed by atoms with van der Waals surface area (Å²) in [5.41, 5.74) is 1.87. The van der Waals surface area contributed by atoms with Crippen LogP contribution >= 0.6 is 0 Å². The van der Waals surface area contributed by atoms with Crippen LogP contribution in [0.4, 0.5) is 13.2 Å². The second-order valence-corrected chi connectivity index (χ2v) is 9.17. The van der Waals surface area contributed by atoms with Crippen LogP contribution in [0.5, 0.6) is 0 Å². The standard InChI is InChI=1S/C21H21F3N4O4S/c22-21(23,24)17-7-3-15(4-8-17)13-26-27-19(29)14-25-20(30)16-5-9-18(10-6-16)33(31,32)28-11-1-2-12-28/h3-10,13H,1-2,11-12,14H2,(H,25,30)(H,27,29)/b26-13-. The van der Waals surface area contributed by atoms with Crippen LogP contribution in [-0.4, -0.2) is 50.4 Å². The van der Waals surface area contributed by atoms with Crippen molar-refractivity contribution in [2.45, 2.75) is 23.9 Å². The molecule has 0 spiro atoms. The number of amides is 2. The molecule has 0 aromatic heterocycles. The first-order valence-corrected chi connectivity index (χ1v) is 11.4. The number of hydrogen-bond acceptors (Lipinski definition) is 5. The summed E-state index contributed by atoms with van der Waals surface area (Å²) in [7, 11) is -3.58. The Hall–Kier alpha value is -3.25. The van der Waals surface area contributed by atoms with Crippen LogP contribution in [0.3, 0.4) is 0 Å². The number of hydrazone groups is 1. The highest BCUT2D eigenvalue weighted by Crippen LogP contribution is 2.28. The molecular formula is C21H21F3N4O4S. The van der Waals surface area contributed by atoms with Crippen molar-refractivity contribution in [2.75, 3.05) is 19.6 Å². The van der Waals surface area contributed by atoms with E-state index in [1.807, 2.05) is 0 Å². The van der Waals surface area contributed by atoms with Crippen molar-refractivity contribution in [3.8, 4) is 0 Å². The van der Waals surface area contributed by atoms with Gasteiger partial charge in [0.25, 0.3) is 11.8 Å². The van der Waals surface area contributed by atoms with Crippen molar-refractivity contribution in [3.63, 3.8) is 0 Å². The Kier molecular flexibility index (Phi) is 7.49. The summed E-state index contributed by atoms with van der Waals surface area (Å²) in [6, 6.07) is 9.60. The number of carbonyl (C=O) groups is 2. The van der Waals surface area contributed by atoms with Crippen LogP contribution in [0, 0.1) is 0 Å². The zero-order valence-corrected chi connectivity index (χ0v) is 18.1. The maximum atomic E-state index is 12.5. The molecule has 12 heteroatoms. The lowest BCUT2D eigenvalue weighted by atomic mass is 10.1. The smallest absolute Gasteiger partial charge is 0.343 e. The highest BCUT2D eigenvalue weighted by atomic mass is 32.2. The highest BCUT2D eigenvalue weighted by molar-refractivity contribution is 7.89. The van der Waals surface area contributed by atoms with Gasteiger partial charge in [0, 0.05) is 18.7 Å². The molecule has 2 aromatic carbocycles. The zero-order chi connectivity index (χ0) is 24.1. The van der Waals surface area contributed by atoms with Gasteiger partial charge in [-0.05, 0) is 54.8 Å². The van der Waals surface area contributed by atoms with Crippen molar-refractivity contribution in [3.05, 3.63) is 65.2 Å². The molecule has 33 heavy (non-hydrogen) atoms. The first kappa shape index (κ1) is 24.4. The van der Waals surface area contributed by atoms with Gasteiger partial charge >= 0.3 is 6.18 Å². The van der Waals surface area contributed by atoms with Crippen LogP contribution in [0.25, 0.3) is 0 Å². The van der Waals surface area contributed by atoms with Gasteiger partial charge in [0.15, 0.2) is 0 Å². The molecular weight excluding hydrogens is 461 g/mol. The quantitative estimate of drug-likeness (QED) is 0.467. The third kappa shape index (κ3) is 6.39. The Balaban J connectivity index is 1.48. The van der Waals surface area contributed by atoms with E-state index in [0.717, 1.165) is 25.0 Å². The van der Waals surface area contributed by atoms with Gasteiger partial charge in [-0.15, -0.1) is 0 Å². The molecule has 2 N–H and O–H groups in total. The maximum absolute atomic E-state index is 12.5. The number of alkyl halides is 3. The number of hydrogen-bond donors (Lipinski definition) is 2. The van der Waals surface area contributed by atoms with Gasteiger partial charge < -0.3 is 5.32 Å². The predicted molar refractivity (Wildman–Crippen MR) is 114 cm³/mol. The second kappa shape index (κ2) is 10.1. The molecule has 1 aliphatic rings. The minimum absolute atomic E-state index is 0.0938. The first-order chi connectivity index (χ1) is 15.6. The molecule has 0 atom stereocenters. The topological polar surface area (TPSA) is 108 Å². The van der Waals surface area contributed by atoms with Crippen LogP contribution in [0.15, 0.2) is 58.5 Å². The molecule has 3 rings (SSSR count). The molecule has 2 aromatic rings. The van der Waals surface area contributed by atoms with Crippen molar-refractivity contribution in [1.29, 1.82) is 0 Å². The number of carbonyl (C=O) groups excluding carboxylic acids is 2. The van der Waals surface area contributed by atoms with E-state index < -0.39 is 40.1 Å². The van der Waals surface area contributed by atoms with Gasteiger partial charge in [0.1, 0.15) is 0 Å². The minimum atomic E-state index is -4.44. The summed E-state index contributed by atoms with van der Waals surface area (Å²) in [5, 5.41) is 6.01. The van der Waals surface area contributed by atoms with Crippen LogP contribution in [0.1, 0.15) is 34.3 Å². The van der Waals surface area contributed by atoms with E-state index in [1.165, 1.54) is 46.9 Å². The average molecular weight is 482 g/mol.